The monoisotopic (exact) mass is 261 g/mol. The first kappa shape index (κ1) is 13.6. The van der Waals surface area contributed by atoms with Gasteiger partial charge in [-0.2, -0.15) is 0 Å². The molecule has 1 aromatic heterocycles. The van der Waals surface area contributed by atoms with Gasteiger partial charge < -0.3 is 5.32 Å². The molecule has 0 aliphatic rings. The second-order valence-electron chi connectivity index (χ2n) is 5.69. The van der Waals surface area contributed by atoms with Crippen molar-refractivity contribution in [3.8, 4) is 0 Å². The molecule has 0 bridgehead atoms. The van der Waals surface area contributed by atoms with E-state index in [1.807, 2.05) is 11.3 Å². The lowest BCUT2D eigenvalue weighted by molar-refractivity contribution is 0.397. The van der Waals surface area contributed by atoms with Crippen LogP contribution in [0.3, 0.4) is 0 Å². The van der Waals surface area contributed by atoms with E-state index in [0.717, 1.165) is 13.0 Å². The molecule has 0 aliphatic carbocycles. The summed E-state index contributed by atoms with van der Waals surface area (Å²) in [6, 6.07) is 9.45. The summed E-state index contributed by atoms with van der Waals surface area (Å²) in [5.74, 6) is 0. The second-order valence-corrected chi connectivity index (χ2v) is 6.61. The maximum Gasteiger partial charge on any atom is 0.0380 e. The van der Waals surface area contributed by atoms with Gasteiger partial charge in [0, 0.05) is 10.7 Å². The molecule has 2 aromatic rings. The van der Waals surface area contributed by atoms with Gasteiger partial charge in [0.05, 0.1) is 0 Å². The topological polar surface area (TPSA) is 12.0 Å². The van der Waals surface area contributed by atoms with E-state index in [2.05, 4.69) is 62.7 Å². The van der Waals surface area contributed by atoms with E-state index in [1.165, 1.54) is 15.6 Å². The van der Waals surface area contributed by atoms with Crippen molar-refractivity contribution in [1.29, 1.82) is 0 Å². The molecule has 98 valence electrons. The zero-order valence-electron chi connectivity index (χ0n) is 11.8. The highest BCUT2D eigenvalue weighted by molar-refractivity contribution is 7.17. The molecule has 1 aromatic carbocycles. The van der Waals surface area contributed by atoms with Crippen LogP contribution in [0.25, 0.3) is 10.1 Å². The summed E-state index contributed by atoms with van der Waals surface area (Å²) < 4.78 is 1.45. The number of hydrogen-bond acceptors (Lipinski definition) is 2. The van der Waals surface area contributed by atoms with Crippen LogP contribution in [-0.4, -0.2) is 12.6 Å². The Kier molecular flexibility index (Phi) is 4.08. The predicted octanol–water partition coefficient (Wildman–Crippen LogP) is 4.57. The fraction of sp³-hybridized carbons (Fsp3) is 0.500. The zero-order chi connectivity index (χ0) is 13.2. The molecule has 1 nitrogen and oxygen atoms in total. The van der Waals surface area contributed by atoms with E-state index in [1.54, 1.807) is 0 Å². The van der Waals surface area contributed by atoms with Crippen LogP contribution in [0.4, 0.5) is 0 Å². The molecule has 1 atom stereocenters. The van der Waals surface area contributed by atoms with Crippen molar-refractivity contribution in [2.45, 2.75) is 45.6 Å². The lowest BCUT2D eigenvalue weighted by Gasteiger charge is -2.29. The van der Waals surface area contributed by atoms with Gasteiger partial charge in [-0.1, -0.05) is 39.0 Å². The summed E-state index contributed by atoms with van der Waals surface area (Å²) in [6.45, 7) is 10.2. The Morgan fingerprint density at radius 2 is 2.06 bits per heavy atom. The van der Waals surface area contributed by atoms with E-state index >= 15 is 0 Å². The molecule has 1 N–H and O–H groups in total. The third kappa shape index (κ3) is 2.76. The number of nitrogens with one attached hydrogen (secondary N) is 1. The minimum Gasteiger partial charge on any atom is -0.315 e. The van der Waals surface area contributed by atoms with E-state index in [-0.39, 0.29) is 5.41 Å². The first-order valence-corrected chi connectivity index (χ1v) is 7.62. The van der Waals surface area contributed by atoms with Crippen LogP contribution in [0.2, 0.25) is 0 Å². The van der Waals surface area contributed by atoms with Crippen LogP contribution in [0, 0.1) is 0 Å². The largest absolute Gasteiger partial charge is 0.315 e. The Morgan fingerprint density at radius 1 is 1.28 bits per heavy atom. The first-order chi connectivity index (χ1) is 8.54. The third-order valence-corrected chi connectivity index (χ3v) is 4.54. The summed E-state index contributed by atoms with van der Waals surface area (Å²) in [7, 11) is 0. The first-order valence-electron chi connectivity index (χ1n) is 6.74. The van der Waals surface area contributed by atoms with Crippen molar-refractivity contribution in [2.24, 2.45) is 0 Å². The Labute approximate surface area is 114 Å². The van der Waals surface area contributed by atoms with Crippen LogP contribution in [0.15, 0.2) is 29.6 Å². The SMILES string of the molecule is CCNC(C)CC(C)(C)c1cccc2ccsc12. The maximum atomic E-state index is 3.52. The highest BCUT2D eigenvalue weighted by Crippen LogP contribution is 2.36. The number of hydrogen-bond donors (Lipinski definition) is 1. The molecule has 0 amide bonds. The van der Waals surface area contributed by atoms with Gasteiger partial charge in [0.15, 0.2) is 0 Å². The lowest BCUT2D eigenvalue weighted by atomic mass is 9.79. The maximum absolute atomic E-state index is 3.52. The van der Waals surface area contributed by atoms with Crippen molar-refractivity contribution in [3.63, 3.8) is 0 Å². The van der Waals surface area contributed by atoms with Gasteiger partial charge in [-0.15, -0.1) is 11.3 Å². The lowest BCUT2D eigenvalue weighted by Crippen LogP contribution is -2.33. The molecule has 2 heteroatoms. The summed E-state index contributed by atoms with van der Waals surface area (Å²) in [5.41, 5.74) is 1.70. The molecule has 18 heavy (non-hydrogen) atoms. The van der Waals surface area contributed by atoms with Crippen LogP contribution in [0.5, 0.6) is 0 Å². The molecule has 1 unspecified atom stereocenters. The predicted molar refractivity (Wildman–Crippen MR) is 82.6 cm³/mol. The van der Waals surface area contributed by atoms with Gasteiger partial charge >= 0.3 is 0 Å². The van der Waals surface area contributed by atoms with Gasteiger partial charge in [-0.3, -0.25) is 0 Å². The minimum atomic E-state index is 0.214. The molecule has 0 spiro atoms. The van der Waals surface area contributed by atoms with Crippen LogP contribution in [0.1, 0.15) is 39.7 Å². The van der Waals surface area contributed by atoms with Crippen LogP contribution in [-0.2, 0) is 5.41 Å². The summed E-state index contributed by atoms with van der Waals surface area (Å²) >= 11 is 1.86. The molecular weight excluding hydrogens is 238 g/mol. The molecule has 0 aliphatic heterocycles. The highest BCUT2D eigenvalue weighted by atomic mass is 32.1. The second kappa shape index (κ2) is 5.41. The zero-order valence-corrected chi connectivity index (χ0v) is 12.6. The number of thiophene rings is 1. The summed E-state index contributed by atoms with van der Waals surface area (Å²) in [4.78, 5) is 0. The molecular formula is C16H23NS. The minimum absolute atomic E-state index is 0.214. The average Bonchev–Trinajstić information content (AvgIpc) is 2.75. The molecule has 0 saturated carbocycles. The summed E-state index contributed by atoms with van der Waals surface area (Å²) in [6.07, 6.45) is 1.16. The van der Waals surface area contributed by atoms with Crippen molar-refractivity contribution in [1.82, 2.24) is 5.32 Å². The van der Waals surface area contributed by atoms with E-state index in [4.69, 9.17) is 0 Å². The van der Waals surface area contributed by atoms with E-state index in [9.17, 15) is 0 Å². The van der Waals surface area contributed by atoms with Gasteiger partial charge in [-0.25, -0.2) is 0 Å². The average molecular weight is 261 g/mol. The van der Waals surface area contributed by atoms with Crippen LogP contribution >= 0.6 is 11.3 Å². The quantitative estimate of drug-likeness (QED) is 0.831. The van der Waals surface area contributed by atoms with Gasteiger partial charge in [-0.05, 0) is 47.7 Å². The Balaban J connectivity index is 2.31. The number of fused-ring (bicyclic) bond motifs is 1. The smallest absolute Gasteiger partial charge is 0.0380 e. The van der Waals surface area contributed by atoms with E-state index < -0.39 is 0 Å². The number of rotatable bonds is 5. The van der Waals surface area contributed by atoms with Crippen molar-refractivity contribution in [3.05, 3.63) is 35.2 Å². The molecule has 2 rings (SSSR count). The molecule has 0 saturated heterocycles. The fourth-order valence-electron chi connectivity index (χ4n) is 2.82. The normalized spacial score (nSPS) is 14.0. The number of benzene rings is 1. The van der Waals surface area contributed by atoms with Crippen molar-refractivity contribution >= 4 is 21.4 Å². The molecule has 0 radical (unpaired) electrons. The highest BCUT2D eigenvalue weighted by Gasteiger charge is 2.25. The third-order valence-electron chi connectivity index (χ3n) is 3.58. The Hall–Kier alpha value is -0.860. The summed E-state index contributed by atoms with van der Waals surface area (Å²) in [5, 5.41) is 7.09. The Morgan fingerprint density at radius 3 is 2.78 bits per heavy atom. The van der Waals surface area contributed by atoms with E-state index in [0.29, 0.717) is 6.04 Å². The standard InChI is InChI=1S/C16H23NS/c1-5-17-12(2)11-16(3,4)14-8-6-7-13-9-10-18-15(13)14/h6-10,12,17H,5,11H2,1-4H3. The fourth-order valence-corrected chi connectivity index (χ4v) is 3.92. The van der Waals surface area contributed by atoms with Crippen molar-refractivity contribution in [2.75, 3.05) is 6.54 Å². The molecule has 0 fully saturated rings. The van der Waals surface area contributed by atoms with Gasteiger partial charge in [0.2, 0.25) is 0 Å². The Bertz CT molecular complexity index is 513. The van der Waals surface area contributed by atoms with Crippen molar-refractivity contribution < 1.29 is 0 Å². The molecule has 1 heterocycles. The van der Waals surface area contributed by atoms with Crippen LogP contribution < -0.4 is 5.32 Å². The van der Waals surface area contributed by atoms with Gasteiger partial charge in [0.25, 0.3) is 0 Å². The van der Waals surface area contributed by atoms with Gasteiger partial charge in [0.1, 0.15) is 0 Å².